The van der Waals surface area contributed by atoms with Gasteiger partial charge in [-0.05, 0) is 112 Å². The van der Waals surface area contributed by atoms with E-state index in [1.807, 2.05) is 68.4 Å². The molecule has 3 aromatic carbocycles. The highest BCUT2D eigenvalue weighted by atomic mass is 35.5. The van der Waals surface area contributed by atoms with Crippen LogP contribution in [0.2, 0.25) is 5.02 Å². The maximum atomic E-state index is 12.1. The topological polar surface area (TPSA) is 58.6 Å². The monoisotopic (exact) mass is 574 g/mol. The van der Waals surface area contributed by atoms with Crippen LogP contribution in [0.25, 0.3) is 0 Å². The Hall–Kier alpha value is -3.15. The van der Waals surface area contributed by atoms with Gasteiger partial charge in [0.15, 0.2) is 5.78 Å². The number of likely N-dealkylation sites (tertiary alicyclic amines) is 1. The molecule has 0 aromatic heterocycles. The number of nitrogens with one attached hydrogen (secondary N) is 1. The Morgan fingerprint density at radius 2 is 1.68 bits per heavy atom. The molecule has 41 heavy (non-hydrogen) atoms. The maximum absolute atomic E-state index is 12.1. The van der Waals surface area contributed by atoms with Gasteiger partial charge in [0.2, 0.25) is 5.91 Å². The normalized spacial score (nSPS) is 15.0. The Labute approximate surface area is 250 Å². The molecular formula is C35H43ClN2O3. The van der Waals surface area contributed by atoms with Crippen molar-refractivity contribution in [1.82, 2.24) is 4.90 Å². The highest BCUT2D eigenvalue weighted by Gasteiger charge is 2.21. The molecule has 0 saturated carbocycles. The zero-order chi connectivity index (χ0) is 29.2. The van der Waals surface area contributed by atoms with Gasteiger partial charge in [-0.2, -0.15) is 0 Å². The number of rotatable bonds is 13. The predicted octanol–water partition coefficient (Wildman–Crippen LogP) is 8.70. The van der Waals surface area contributed by atoms with Crippen LogP contribution >= 0.6 is 11.6 Å². The van der Waals surface area contributed by atoms with E-state index in [9.17, 15) is 9.59 Å². The fraction of sp³-hybridized carbons (Fsp3) is 0.429. The number of anilines is 1. The molecule has 1 unspecified atom stereocenters. The molecule has 6 heteroatoms. The summed E-state index contributed by atoms with van der Waals surface area (Å²) in [6.45, 7) is 8.73. The molecule has 1 aliphatic heterocycles. The van der Waals surface area contributed by atoms with Gasteiger partial charge < -0.3 is 15.0 Å². The number of piperidine rings is 1. The van der Waals surface area contributed by atoms with Crippen molar-refractivity contribution in [2.75, 3.05) is 25.0 Å². The minimum atomic E-state index is -0.0914. The molecule has 0 radical (unpaired) electrons. The smallest absolute Gasteiger partial charge is 0.226 e. The number of nitrogens with zero attached hydrogens (tertiary/aromatic N) is 1. The van der Waals surface area contributed by atoms with Crippen molar-refractivity contribution in [2.45, 2.75) is 71.3 Å². The van der Waals surface area contributed by atoms with Crippen LogP contribution < -0.4 is 10.1 Å². The summed E-state index contributed by atoms with van der Waals surface area (Å²) in [4.78, 5) is 26.5. The number of unbranched alkanes of at least 4 members (excludes halogenated alkanes) is 2. The minimum Gasteiger partial charge on any atom is -0.486 e. The third-order valence-corrected chi connectivity index (χ3v) is 8.19. The van der Waals surface area contributed by atoms with Gasteiger partial charge in [-0.3, -0.25) is 9.59 Å². The van der Waals surface area contributed by atoms with E-state index in [1.165, 1.54) is 5.56 Å². The molecule has 1 amide bonds. The molecule has 5 nitrogen and oxygen atoms in total. The molecule has 1 heterocycles. The van der Waals surface area contributed by atoms with E-state index in [-0.39, 0.29) is 23.7 Å². The quantitative estimate of drug-likeness (QED) is 0.164. The fourth-order valence-electron chi connectivity index (χ4n) is 5.41. The van der Waals surface area contributed by atoms with E-state index < -0.39 is 0 Å². The lowest BCUT2D eigenvalue weighted by molar-refractivity contribution is -0.118. The predicted molar refractivity (Wildman–Crippen MR) is 168 cm³/mol. The summed E-state index contributed by atoms with van der Waals surface area (Å²) >= 11 is 6.13. The minimum absolute atomic E-state index is 0.0254. The lowest BCUT2D eigenvalue weighted by Gasteiger charge is -2.32. The number of halogens is 1. The molecular weight excluding hydrogens is 532 g/mol. The number of Topliss-reactive ketones (excluding diaryl/α,β-unsaturated/α-hetero) is 1. The Bertz CT molecular complexity index is 1280. The third-order valence-electron chi connectivity index (χ3n) is 7.94. The molecule has 1 aliphatic rings. The first kappa shape index (κ1) is 30.8. The first-order valence-electron chi connectivity index (χ1n) is 14.9. The summed E-state index contributed by atoms with van der Waals surface area (Å²) in [6.07, 6.45) is 6.46. The second-order valence-electron chi connectivity index (χ2n) is 11.5. The van der Waals surface area contributed by atoms with Crippen molar-refractivity contribution < 1.29 is 14.3 Å². The summed E-state index contributed by atoms with van der Waals surface area (Å²) in [5, 5.41) is 3.74. The standard InChI is InChI=1S/C35H43ClN2O3/c1-25(2)35(40)37-32-11-7-10-30(23-32)27-18-21-38(22-19-27)20-6-4-5-13-34(28-14-16-31(36)17-15-28)41-33-12-8-9-29(24-33)26(3)39/h7-12,14-17,23-25,27,34H,4-6,13,18-22H2,1-3H3,(H,37,40). The van der Waals surface area contributed by atoms with Crippen LogP contribution in [0, 0.1) is 5.92 Å². The first-order chi connectivity index (χ1) is 19.8. The number of hydrogen-bond acceptors (Lipinski definition) is 4. The van der Waals surface area contributed by atoms with E-state index in [2.05, 4.69) is 28.4 Å². The maximum Gasteiger partial charge on any atom is 0.226 e. The lowest BCUT2D eigenvalue weighted by Crippen LogP contribution is -2.33. The SMILES string of the molecule is CC(=O)c1cccc(OC(CCCCCN2CCC(c3cccc(NC(=O)C(C)C)c3)CC2)c2ccc(Cl)cc2)c1. The van der Waals surface area contributed by atoms with Crippen molar-refractivity contribution >= 4 is 29.0 Å². The average Bonchev–Trinajstić information content (AvgIpc) is 2.97. The molecule has 0 spiro atoms. The van der Waals surface area contributed by atoms with Crippen LogP contribution in [0.15, 0.2) is 72.8 Å². The summed E-state index contributed by atoms with van der Waals surface area (Å²) in [6, 6.07) is 23.7. The van der Waals surface area contributed by atoms with E-state index >= 15 is 0 Å². The Balaban J connectivity index is 1.23. The van der Waals surface area contributed by atoms with Crippen LogP contribution in [0.5, 0.6) is 5.75 Å². The van der Waals surface area contributed by atoms with Gasteiger partial charge in [-0.25, -0.2) is 0 Å². The van der Waals surface area contributed by atoms with Gasteiger partial charge in [0.05, 0.1) is 0 Å². The number of hydrogen-bond donors (Lipinski definition) is 1. The third kappa shape index (κ3) is 9.44. The molecule has 1 saturated heterocycles. The molecule has 0 aliphatic carbocycles. The van der Waals surface area contributed by atoms with Crippen LogP contribution in [0.4, 0.5) is 5.69 Å². The zero-order valence-corrected chi connectivity index (χ0v) is 25.3. The van der Waals surface area contributed by atoms with Gasteiger partial charge in [0.25, 0.3) is 0 Å². The lowest BCUT2D eigenvalue weighted by atomic mass is 9.89. The van der Waals surface area contributed by atoms with Gasteiger partial charge in [0.1, 0.15) is 11.9 Å². The Morgan fingerprint density at radius 1 is 0.951 bits per heavy atom. The number of ether oxygens (including phenoxy) is 1. The largest absolute Gasteiger partial charge is 0.486 e. The van der Waals surface area contributed by atoms with Crippen molar-refractivity contribution in [2.24, 2.45) is 5.92 Å². The molecule has 1 atom stereocenters. The van der Waals surface area contributed by atoms with Crippen molar-refractivity contribution in [3.63, 3.8) is 0 Å². The second-order valence-corrected chi connectivity index (χ2v) is 11.9. The fourth-order valence-corrected chi connectivity index (χ4v) is 5.54. The van der Waals surface area contributed by atoms with Crippen LogP contribution in [0.1, 0.15) is 92.8 Å². The van der Waals surface area contributed by atoms with Gasteiger partial charge >= 0.3 is 0 Å². The van der Waals surface area contributed by atoms with E-state index in [4.69, 9.17) is 16.3 Å². The molecule has 3 aromatic rings. The number of ketones is 1. The van der Waals surface area contributed by atoms with Gasteiger partial charge in [-0.1, -0.05) is 68.3 Å². The molecule has 1 N–H and O–H groups in total. The number of benzene rings is 3. The zero-order valence-electron chi connectivity index (χ0n) is 24.6. The molecule has 0 bridgehead atoms. The summed E-state index contributed by atoms with van der Waals surface area (Å²) in [5.74, 6) is 1.33. The van der Waals surface area contributed by atoms with Crippen molar-refractivity contribution in [3.05, 3.63) is 94.5 Å². The molecule has 1 fully saturated rings. The highest BCUT2D eigenvalue weighted by Crippen LogP contribution is 2.31. The van der Waals surface area contributed by atoms with E-state index in [0.717, 1.165) is 69.4 Å². The average molecular weight is 575 g/mol. The summed E-state index contributed by atoms with van der Waals surface area (Å²) in [7, 11) is 0. The number of carbonyl (C=O) groups excluding carboxylic acids is 2. The van der Waals surface area contributed by atoms with Crippen LogP contribution in [-0.4, -0.2) is 36.2 Å². The van der Waals surface area contributed by atoms with E-state index in [0.29, 0.717) is 22.3 Å². The first-order valence-corrected chi connectivity index (χ1v) is 15.3. The Kier molecular flexibility index (Phi) is 11.4. The number of carbonyl (C=O) groups is 2. The van der Waals surface area contributed by atoms with Gasteiger partial charge in [0, 0.05) is 22.2 Å². The summed E-state index contributed by atoms with van der Waals surface area (Å²) in [5.41, 5.74) is 3.98. The van der Waals surface area contributed by atoms with E-state index in [1.54, 1.807) is 6.92 Å². The highest BCUT2D eigenvalue weighted by molar-refractivity contribution is 6.30. The van der Waals surface area contributed by atoms with Crippen molar-refractivity contribution in [1.29, 1.82) is 0 Å². The van der Waals surface area contributed by atoms with Crippen LogP contribution in [0.3, 0.4) is 0 Å². The Morgan fingerprint density at radius 3 is 2.39 bits per heavy atom. The number of amides is 1. The second kappa shape index (κ2) is 15.2. The molecule has 4 rings (SSSR count). The van der Waals surface area contributed by atoms with Crippen LogP contribution in [-0.2, 0) is 4.79 Å². The van der Waals surface area contributed by atoms with Crippen molar-refractivity contribution in [3.8, 4) is 5.75 Å². The summed E-state index contributed by atoms with van der Waals surface area (Å²) < 4.78 is 6.39. The molecule has 218 valence electrons. The van der Waals surface area contributed by atoms with Gasteiger partial charge in [-0.15, -0.1) is 0 Å².